The number of phosphoric acid groups is 1. The van der Waals surface area contributed by atoms with Crippen LogP contribution in [0, 0.1) is 0 Å². The highest BCUT2D eigenvalue weighted by molar-refractivity contribution is 7.45. The second-order valence-corrected chi connectivity index (χ2v) is 8.04. The molecular weight excluding hydrogens is 431 g/mol. The van der Waals surface area contributed by atoms with Crippen LogP contribution in [0.5, 0.6) is 0 Å². The Morgan fingerprint density at radius 1 is 1.04 bits per heavy atom. The molecule has 28 heavy (non-hydrogen) atoms. The van der Waals surface area contributed by atoms with Gasteiger partial charge in [0.25, 0.3) is 0 Å². The van der Waals surface area contributed by atoms with Gasteiger partial charge in [0, 0.05) is 13.0 Å². The largest absolute Gasteiger partial charge is 0.485 e. The topological polar surface area (TPSA) is 143 Å². The maximum Gasteiger partial charge on any atom is 0.466 e. The predicted octanol–water partition coefficient (Wildman–Crippen LogP) is 2.13. The minimum Gasteiger partial charge on any atom is -0.485 e. The molecule has 2 aromatic rings. The average molecular weight is 450 g/mol. The molecule has 0 bridgehead atoms. The van der Waals surface area contributed by atoms with E-state index >= 15 is 0 Å². The number of thiophene rings is 2. The van der Waals surface area contributed by atoms with Gasteiger partial charge in [-0.15, -0.1) is 0 Å². The van der Waals surface area contributed by atoms with Crippen LogP contribution in [0.1, 0.15) is 17.5 Å². The lowest BCUT2D eigenvalue weighted by molar-refractivity contribution is -0.143. The van der Waals surface area contributed by atoms with Gasteiger partial charge in [-0.3, -0.25) is 0 Å². The molecule has 12 heteroatoms. The van der Waals surface area contributed by atoms with E-state index in [0.717, 1.165) is 11.1 Å². The summed E-state index contributed by atoms with van der Waals surface area (Å²) in [7, 11) is -4.64. The van der Waals surface area contributed by atoms with Crippen LogP contribution < -0.4 is 0 Å². The number of rotatable bonds is 8. The summed E-state index contributed by atoms with van der Waals surface area (Å²) in [4.78, 5) is 33.6. The number of carbonyl (C=O) groups is 1. The highest BCUT2D eigenvalue weighted by Crippen LogP contribution is 2.29. The Labute approximate surface area is 168 Å². The van der Waals surface area contributed by atoms with Crippen LogP contribution in [0.4, 0.5) is 0 Å². The van der Waals surface area contributed by atoms with Crippen LogP contribution >= 0.6 is 30.5 Å². The Bertz CT molecular complexity index is 803. The molecule has 4 N–H and O–H groups in total. The molecule has 0 radical (unpaired) electrons. The summed E-state index contributed by atoms with van der Waals surface area (Å²) < 4.78 is 25.5. The van der Waals surface area contributed by atoms with E-state index < -0.39 is 19.9 Å². The molecule has 0 spiro atoms. The summed E-state index contributed by atoms with van der Waals surface area (Å²) in [6.07, 6.45) is -0.306. The van der Waals surface area contributed by atoms with E-state index in [1.807, 2.05) is 33.7 Å². The Morgan fingerprint density at radius 3 is 2.04 bits per heavy atom. The number of carbonyl (C=O) groups excluding carboxylic acids is 1. The third-order valence-corrected chi connectivity index (χ3v) is 4.74. The fourth-order valence-corrected chi connectivity index (χ4v) is 3.45. The highest BCUT2D eigenvalue weighted by atomic mass is 32.1. The molecule has 3 heterocycles. The van der Waals surface area contributed by atoms with E-state index in [-0.39, 0.29) is 25.4 Å². The molecule has 9 nitrogen and oxygen atoms in total. The predicted molar refractivity (Wildman–Crippen MR) is 101 cm³/mol. The smallest absolute Gasteiger partial charge is 0.466 e. The summed E-state index contributed by atoms with van der Waals surface area (Å²) in [5.41, 5.74) is 2.00. The van der Waals surface area contributed by atoms with Gasteiger partial charge < -0.3 is 34.0 Å². The van der Waals surface area contributed by atoms with E-state index in [4.69, 9.17) is 38.6 Å². The van der Waals surface area contributed by atoms with E-state index in [9.17, 15) is 4.79 Å². The molecule has 3 rings (SSSR count). The molecule has 0 amide bonds. The van der Waals surface area contributed by atoms with E-state index in [1.54, 1.807) is 22.7 Å². The first-order valence-electron chi connectivity index (χ1n) is 7.90. The Balaban J connectivity index is 0.000000500. The first-order chi connectivity index (χ1) is 13.3. The zero-order chi connectivity index (χ0) is 20.6. The molecule has 0 aromatic carbocycles. The number of aliphatic hydroxyl groups excluding tert-OH is 1. The van der Waals surface area contributed by atoms with Crippen LogP contribution in [0.25, 0.3) is 0 Å². The SMILES string of the molecule is O=C1O[C@H](CCO)C(OCc2ccsc2)=C1OCc1ccsc1.O=P(O)(O)O. The molecule has 1 aliphatic heterocycles. The first-order valence-corrected chi connectivity index (χ1v) is 11.3. The lowest BCUT2D eigenvalue weighted by Gasteiger charge is -2.13. The van der Waals surface area contributed by atoms with Gasteiger partial charge in [0.15, 0.2) is 11.9 Å². The lowest BCUT2D eigenvalue weighted by atomic mass is 10.2. The zero-order valence-corrected chi connectivity index (χ0v) is 17.0. The van der Waals surface area contributed by atoms with Crippen LogP contribution in [-0.2, 0) is 36.8 Å². The second-order valence-electron chi connectivity index (χ2n) is 5.45. The zero-order valence-electron chi connectivity index (χ0n) is 14.5. The quantitative estimate of drug-likeness (QED) is 0.351. The van der Waals surface area contributed by atoms with Crippen molar-refractivity contribution in [1.82, 2.24) is 0 Å². The van der Waals surface area contributed by atoms with Gasteiger partial charge in [-0.2, -0.15) is 22.7 Å². The number of ether oxygens (including phenoxy) is 3. The summed E-state index contributed by atoms with van der Waals surface area (Å²) in [5.74, 6) is -0.0747. The molecule has 154 valence electrons. The molecule has 0 saturated heterocycles. The number of cyclic esters (lactones) is 1. The molecule has 0 fully saturated rings. The van der Waals surface area contributed by atoms with Crippen molar-refractivity contribution >= 4 is 36.5 Å². The fraction of sp³-hybridized carbons (Fsp3) is 0.312. The number of hydrogen-bond acceptors (Lipinski definition) is 8. The average Bonchev–Trinajstić information content (AvgIpc) is 3.32. The van der Waals surface area contributed by atoms with Crippen LogP contribution in [0.2, 0.25) is 0 Å². The molecule has 0 aliphatic carbocycles. The molecule has 0 unspecified atom stereocenters. The second kappa shape index (κ2) is 10.7. The van der Waals surface area contributed by atoms with Gasteiger partial charge in [-0.25, -0.2) is 9.36 Å². The van der Waals surface area contributed by atoms with Crippen molar-refractivity contribution in [3.05, 3.63) is 56.3 Å². The van der Waals surface area contributed by atoms with Crippen molar-refractivity contribution in [2.75, 3.05) is 6.61 Å². The number of aliphatic hydroxyl groups is 1. The highest BCUT2D eigenvalue weighted by Gasteiger charge is 2.37. The van der Waals surface area contributed by atoms with Crippen molar-refractivity contribution in [3.63, 3.8) is 0 Å². The number of esters is 1. The van der Waals surface area contributed by atoms with Crippen LogP contribution in [-0.4, -0.2) is 38.5 Å². The maximum absolute atomic E-state index is 12.0. The van der Waals surface area contributed by atoms with Gasteiger partial charge in [-0.1, -0.05) is 0 Å². The first kappa shape index (κ1) is 22.6. The summed E-state index contributed by atoms with van der Waals surface area (Å²) in [6, 6.07) is 3.89. The van der Waals surface area contributed by atoms with Crippen molar-refractivity contribution < 1.29 is 43.4 Å². The van der Waals surface area contributed by atoms with Crippen LogP contribution in [0.15, 0.2) is 45.2 Å². The standard InChI is InChI=1S/C16H16O5S2.H3O4P/c17-4-1-13-14(19-7-11-2-5-22-9-11)15(16(18)21-13)20-8-12-3-6-23-10-12;1-5(2,3)4/h2-3,5-6,9-10,13,17H,1,4,7-8H2;(H3,1,2,3,4)/t13-;/m1./s1. The Morgan fingerprint density at radius 2 is 1.57 bits per heavy atom. The minimum atomic E-state index is -4.64. The van der Waals surface area contributed by atoms with Crippen molar-refractivity contribution in [2.24, 2.45) is 0 Å². The van der Waals surface area contributed by atoms with Crippen molar-refractivity contribution in [3.8, 4) is 0 Å². The van der Waals surface area contributed by atoms with Gasteiger partial charge in [0.05, 0.1) is 0 Å². The maximum atomic E-state index is 12.0. The summed E-state index contributed by atoms with van der Waals surface area (Å²) in [6.45, 7) is 0.523. The van der Waals surface area contributed by atoms with Crippen molar-refractivity contribution in [1.29, 1.82) is 0 Å². The van der Waals surface area contributed by atoms with E-state index in [1.165, 1.54) is 0 Å². The molecular formula is C16H19O9PS2. The fourth-order valence-electron chi connectivity index (χ4n) is 2.15. The monoisotopic (exact) mass is 450 g/mol. The van der Waals surface area contributed by atoms with Crippen molar-refractivity contribution in [2.45, 2.75) is 25.7 Å². The molecule has 2 aromatic heterocycles. The summed E-state index contributed by atoms with van der Waals surface area (Å²) in [5, 5.41) is 17.0. The molecule has 0 saturated carbocycles. The van der Waals surface area contributed by atoms with Gasteiger partial charge in [0.2, 0.25) is 5.76 Å². The van der Waals surface area contributed by atoms with Gasteiger partial charge in [-0.05, 0) is 44.8 Å². The Kier molecular flexibility index (Phi) is 8.64. The van der Waals surface area contributed by atoms with Gasteiger partial charge in [0.1, 0.15) is 13.2 Å². The Hall–Kier alpha value is -1.72. The molecule has 1 atom stereocenters. The minimum absolute atomic E-state index is 0.0962. The summed E-state index contributed by atoms with van der Waals surface area (Å²) >= 11 is 3.14. The number of hydrogen-bond donors (Lipinski definition) is 4. The molecule has 1 aliphatic rings. The third-order valence-electron chi connectivity index (χ3n) is 3.28. The third kappa shape index (κ3) is 7.72. The lowest BCUT2D eigenvalue weighted by Crippen LogP contribution is -2.15. The normalized spacial score (nSPS) is 16.4. The van der Waals surface area contributed by atoms with Gasteiger partial charge >= 0.3 is 13.8 Å². The van der Waals surface area contributed by atoms with E-state index in [0.29, 0.717) is 12.4 Å². The van der Waals surface area contributed by atoms with Crippen LogP contribution in [0.3, 0.4) is 0 Å². The van der Waals surface area contributed by atoms with E-state index in [2.05, 4.69) is 0 Å².